The minimum absolute atomic E-state index is 0.158. The van der Waals surface area contributed by atoms with Crippen molar-refractivity contribution >= 4 is 10.0 Å². The lowest BCUT2D eigenvalue weighted by molar-refractivity contribution is 0.594. The Morgan fingerprint density at radius 2 is 2.19 bits per heavy atom. The van der Waals surface area contributed by atoms with Crippen LogP contribution in [-0.4, -0.2) is 32.7 Å². The lowest BCUT2D eigenvalue weighted by Gasteiger charge is -2.00. The molecule has 2 heterocycles. The quantitative estimate of drug-likeness (QED) is 0.720. The summed E-state index contributed by atoms with van der Waals surface area (Å²) in [5.41, 5.74) is 0. The van der Waals surface area contributed by atoms with Crippen LogP contribution in [0.5, 0.6) is 0 Å². The molecular formula is C7H10N6O2S. The number of nitrogens with two attached hydrogens (primary N) is 1. The molecule has 16 heavy (non-hydrogen) atoms. The maximum atomic E-state index is 11.0. The molecule has 0 saturated heterocycles. The van der Waals surface area contributed by atoms with Gasteiger partial charge in [0.15, 0.2) is 5.03 Å². The maximum Gasteiger partial charge on any atom is 0.257 e. The highest BCUT2D eigenvalue weighted by Gasteiger charge is 2.12. The van der Waals surface area contributed by atoms with Crippen molar-refractivity contribution in [2.75, 3.05) is 0 Å². The summed E-state index contributed by atoms with van der Waals surface area (Å²) in [5.74, 6) is 0.693. The molecule has 0 radical (unpaired) electrons. The fourth-order valence-electron chi connectivity index (χ4n) is 1.20. The second kappa shape index (κ2) is 3.68. The summed E-state index contributed by atoms with van der Waals surface area (Å²) < 4.78 is 25.1. The number of hydrogen-bond acceptors (Lipinski definition) is 5. The van der Waals surface area contributed by atoms with E-state index in [1.54, 1.807) is 16.3 Å². The average Bonchev–Trinajstić information content (AvgIpc) is 2.76. The first-order valence-corrected chi connectivity index (χ1v) is 5.89. The molecule has 0 aliphatic heterocycles. The third kappa shape index (κ3) is 2.09. The molecule has 0 aromatic carbocycles. The van der Waals surface area contributed by atoms with Gasteiger partial charge in [0.2, 0.25) is 0 Å². The normalized spacial score (nSPS) is 11.9. The lowest BCUT2D eigenvalue weighted by atomic mass is 10.6. The van der Waals surface area contributed by atoms with Gasteiger partial charge < -0.3 is 4.57 Å². The highest BCUT2D eigenvalue weighted by Crippen LogP contribution is 2.04. The summed E-state index contributed by atoms with van der Waals surface area (Å²) in [5, 5.41) is 8.68. The summed E-state index contributed by atoms with van der Waals surface area (Å²) in [6, 6.07) is 0. The number of hydrogen-bond donors (Lipinski definition) is 1. The van der Waals surface area contributed by atoms with Crippen molar-refractivity contribution in [3.63, 3.8) is 0 Å². The fourth-order valence-corrected chi connectivity index (χ4v) is 1.68. The molecular weight excluding hydrogens is 232 g/mol. The fraction of sp³-hybridized carbons (Fsp3) is 0.286. The van der Waals surface area contributed by atoms with E-state index in [9.17, 15) is 8.42 Å². The highest BCUT2D eigenvalue weighted by molar-refractivity contribution is 7.89. The largest absolute Gasteiger partial charge is 0.328 e. The van der Waals surface area contributed by atoms with Crippen LogP contribution in [0.2, 0.25) is 0 Å². The van der Waals surface area contributed by atoms with E-state index in [1.165, 1.54) is 18.9 Å². The molecule has 0 aliphatic rings. The molecule has 0 atom stereocenters. The Morgan fingerprint density at radius 1 is 1.44 bits per heavy atom. The van der Waals surface area contributed by atoms with Crippen LogP contribution in [0, 0.1) is 0 Å². The highest BCUT2D eigenvalue weighted by atomic mass is 32.2. The minimum Gasteiger partial charge on any atom is -0.328 e. The molecule has 0 spiro atoms. The van der Waals surface area contributed by atoms with E-state index in [2.05, 4.69) is 15.1 Å². The topological polar surface area (TPSA) is 109 Å². The summed E-state index contributed by atoms with van der Waals surface area (Å²) in [4.78, 5) is 7.70. The SMILES string of the molecule is Cn1ncnc1Cn1cnc(S(N)(=O)=O)c1. The van der Waals surface area contributed by atoms with Crippen molar-refractivity contribution in [2.24, 2.45) is 12.2 Å². The number of nitrogens with zero attached hydrogens (tertiary/aromatic N) is 5. The Morgan fingerprint density at radius 3 is 2.69 bits per heavy atom. The Hall–Kier alpha value is -1.74. The van der Waals surface area contributed by atoms with E-state index in [4.69, 9.17) is 5.14 Å². The second-order valence-electron chi connectivity index (χ2n) is 3.23. The van der Waals surface area contributed by atoms with Gasteiger partial charge in [-0.3, -0.25) is 4.68 Å². The van der Waals surface area contributed by atoms with Crippen LogP contribution in [0.3, 0.4) is 0 Å². The third-order valence-electron chi connectivity index (χ3n) is 2.03. The number of primary sulfonamides is 1. The van der Waals surface area contributed by atoms with E-state index < -0.39 is 10.0 Å². The Bertz CT molecular complexity index is 598. The smallest absolute Gasteiger partial charge is 0.257 e. The van der Waals surface area contributed by atoms with Crippen molar-refractivity contribution in [3.8, 4) is 0 Å². The van der Waals surface area contributed by atoms with E-state index in [-0.39, 0.29) is 5.03 Å². The Balaban J connectivity index is 2.25. The molecule has 0 unspecified atom stereocenters. The molecule has 8 nitrogen and oxygen atoms in total. The van der Waals surface area contributed by atoms with Gasteiger partial charge in [0.25, 0.3) is 10.0 Å². The van der Waals surface area contributed by atoms with Gasteiger partial charge >= 0.3 is 0 Å². The Labute approximate surface area is 91.8 Å². The van der Waals surface area contributed by atoms with Crippen molar-refractivity contribution < 1.29 is 8.42 Å². The molecule has 0 saturated carbocycles. The van der Waals surface area contributed by atoms with Gasteiger partial charge in [-0.15, -0.1) is 0 Å². The first-order chi connectivity index (χ1) is 7.47. The molecule has 2 N–H and O–H groups in total. The van der Waals surface area contributed by atoms with E-state index in [0.29, 0.717) is 12.4 Å². The zero-order valence-corrected chi connectivity index (χ0v) is 9.29. The van der Waals surface area contributed by atoms with Crippen LogP contribution in [0.1, 0.15) is 5.82 Å². The summed E-state index contributed by atoms with van der Waals surface area (Å²) in [6.45, 7) is 0.388. The van der Waals surface area contributed by atoms with E-state index >= 15 is 0 Å². The number of imidazole rings is 1. The first-order valence-electron chi connectivity index (χ1n) is 4.34. The monoisotopic (exact) mass is 242 g/mol. The molecule has 2 aromatic heterocycles. The van der Waals surface area contributed by atoms with Crippen molar-refractivity contribution in [3.05, 3.63) is 24.7 Å². The number of rotatable bonds is 3. The van der Waals surface area contributed by atoms with Crippen molar-refractivity contribution in [1.82, 2.24) is 24.3 Å². The van der Waals surface area contributed by atoms with Crippen molar-refractivity contribution in [1.29, 1.82) is 0 Å². The van der Waals surface area contributed by atoms with Gasteiger partial charge in [-0.1, -0.05) is 0 Å². The zero-order valence-electron chi connectivity index (χ0n) is 8.48. The van der Waals surface area contributed by atoms with Gasteiger partial charge in [0.05, 0.1) is 12.9 Å². The predicted molar refractivity (Wildman–Crippen MR) is 53.7 cm³/mol. The molecule has 0 aliphatic carbocycles. The van der Waals surface area contributed by atoms with Crippen LogP contribution in [0.4, 0.5) is 0 Å². The lowest BCUT2D eigenvalue weighted by Crippen LogP contribution is -2.12. The molecule has 86 valence electrons. The Kier molecular flexibility index (Phi) is 2.48. The summed E-state index contributed by atoms with van der Waals surface area (Å²) in [6.07, 6.45) is 4.16. The summed E-state index contributed by atoms with van der Waals surface area (Å²) >= 11 is 0. The van der Waals surface area contributed by atoms with Gasteiger partial charge in [0.1, 0.15) is 12.2 Å². The van der Waals surface area contributed by atoms with Crippen LogP contribution in [0.15, 0.2) is 23.9 Å². The van der Waals surface area contributed by atoms with Crippen LogP contribution in [-0.2, 0) is 23.6 Å². The number of aryl methyl sites for hydroxylation is 1. The molecule has 0 bridgehead atoms. The molecule has 2 aromatic rings. The van der Waals surface area contributed by atoms with Crippen LogP contribution >= 0.6 is 0 Å². The zero-order chi connectivity index (χ0) is 11.8. The average molecular weight is 242 g/mol. The van der Waals surface area contributed by atoms with Crippen molar-refractivity contribution in [2.45, 2.75) is 11.6 Å². The first kappa shape index (κ1) is 10.8. The number of sulfonamides is 1. The second-order valence-corrected chi connectivity index (χ2v) is 4.74. The van der Waals surface area contributed by atoms with Gasteiger partial charge in [-0.05, 0) is 0 Å². The molecule has 9 heteroatoms. The summed E-state index contributed by atoms with van der Waals surface area (Å²) in [7, 11) is -2.00. The van der Waals surface area contributed by atoms with E-state index in [1.807, 2.05) is 0 Å². The third-order valence-corrected chi connectivity index (χ3v) is 2.82. The maximum absolute atomic E-state index is 11.0. The standard InChI is InChI=1S/C7H10N6O2S/c1-12-6(9-4-11-12)2-13-3-7(10-5-13)16(8,14)15/h3-5H,2H2,1H3,(H2,8,14,15). The van der Waals surface area contributed by atoms with Gasteiger partial charge in [-0.2, -0.15) is 5.10 Å². The molecule has 2 rings (SSSR count). The van der Waals surface area contributed by atoms with E-state index in [0.717, 1.165) is 0 Å². The molecule has 0 fully saturated rings. The molecule has 0 amide bonds. The van der Waals surface area contributed by atoms with Crippen LogP contribution < -0.4 is 5.14 Å². The van der Waals surface area contributed by atoms with Crippen LogP contribution in [0.25, 0.3) is 0 Å². The minimum atomic E-state index is -3.75. The van der Waals surface area contributed by atoms with Gasteiger partial charge in [0, 0.05) is 13.2 Å². The van der Waals surface area contributed by atoms with Gasteiger partial charge in [-0.25, -0.2) is 23.5 Å². The number of aromatic nitrogens is 5. The predicted octanol–water partition coefficient (Wildman–Crippen LogP) is -1.29.